The lowest BCUT2D eigenvalue weighted by Crippen LogP contribution is -2.18. The summed E-state index contributed by atoms with van der Waals surface area (Å²) in [6.45, 7) is 0. The van der Waals surface area contributed by atoms with Gasteiger partial charge >= 0.3 is 0 Å². The van der Waals surface area contributed by atoms with Crippen LogP contribution in [-0.4, -0.2) is 23.8 Å². The first-order chi connectivity index (χ1) is 9.61. The van der Waals surface area contributed by atoms with Crippen LogP contribution in [0.2, 0.25) is 0 Å². The van der Waals surface area contributed by atoms with Gasteiger partial charge in [-0.3, -0.25) is 9.59 Å². The van der Waals surface area contributed by atoms with Crippen LogP contribution in [0.1, 0.15) is 20.7 Å². The third-order valence-corrected chi connectivity index (χ3v) is 2.61. The van der Waals surface area contributed by atoms with Crippen LogP contribution in [0.25, 0.3) is 0 Å². The molecule has 0 bridgehead atoms. The van der Waals surface area contributed by atoms with Crippen molar-refractivity contribution in [2.75, 3.05) is 12.4 Å². The van der Waals surface area contributed by atoms with Gasteiger partial charge in [0.1, 0.15) is 0 Å². The Balaban J connectivity index is 2.20. The van der Waals surface area contributed by atoms with Crippen molar-refractivity contribution in [3.63, 3.8) is 0 Å². The molecule has 0 saturated heterocycles. The summed E-state index contributed by atoms with van der Waals surface area (Å²) in [6, 6.07) is 9.15. The molecule has 2 aromatic rings. The predicted octanol–water partition coefficient (Wildman–Crippen LogP) is 1.83. The Bertz CT molecular complexity index is 658. The van der Waals surface area contributed by atoms with Gasteiger partial charge in [0, 0.05) is 24.5 Å². The molecular weight excluding hydrogens is 261 g/mol. The van der Waals surface area contributed by atoms with Crippen LogP contribution < -0.4 is 10.6 Å². The molecule has 20 heavy (non-hydrogen) atoms. The molecule has 0 aliphatic carbocycles. The lowest BCUT2D eigenvalue weighted by molar-refractivity contribution is 0.0961. The van der Waals surface area contributed by atoms with E-state index in [4.69, 9.17) is 0 Å². The van der Waals surface area contributed by atoms with E-state index >= 15 is 0 Å². The van der Waals surface area contributed by atoms with E-state index in [-0.39, 0.29) is 11.5 Å². The summed E-state index contributed by atoms with van der Waals surface area (Å²) in [5.41, 5.74) is 0.647. The van der Waals surface area contributed by atoms with Crippen molar-refractivity contribution in [2.24, 2.45) is 0 Å². The van der Waals surface area contributed by atoms with E-state index < -0.39 is 11.9 Å². The van der Waals surface area contributed by atoms with Gasteiger partial charge in [0.05, 0.1) is 5.56 Å². The van der Waals surface area contributed by atoms with Crippen LogP contribution in [0.4, 0.5) is 10.1 Å². The first-order valence-electron chi connectivity index (χ1n) is 5.86. The topological polar surface area (TPSA) is 71.1 Å². The maximum atomic E-state index is 13.4. The molecule has 6 heteroatoms. The molecule has 0 atom stereocenters. The van der Waals surface area contributed by atoms with E-state index in [9.17, 15) is 14.0 Å². The van der Waals surface area contributed by atoms with Crippen molar-refractivity contribution in [2.45, 2.75) is 0 Å². The standard InChI is InChI=1S/C14H12FN3O2/c1-16-13(19)9-4-2-5-10(8-9)18-14(20)11-6-3-7-17-12(11)15/h2-8H,1H3,(H,16,19)(H,18,20). The largest absolute Gasteiger partial charge is 0.355 e. The zero-order chi connectivity index (χ0) is 14.5. The van der Waals surface area contributed by atoms with E-state index in [2.05, 4.69) is 15.6 Å². The van der Waals surface area contributed by atoms with Crippen molar-refractivity contribution in [3.8, 4) is 0 Å². The van der Waals surface area contributed by atoms with E-state index in [0.717, 1.165) is 0 Å². The first kappa shape index (κ1) is 13.7. The van der Waals surface area contributed by atoms with E-state index in [0.29, 0.717) is 11.3 Å². The monoisotopic (exact) mass is 273 g/mol. The quantitative estimate of drug-likeness (QED) is 0.838. The van der Waals surface area contributed by atoms with Crippen LogP contribution in [0, 0.1) is 5.95 Å². The van der Waals surface area contributed by atoms with Gasteiger partial charge in [-0.1, -0.05) is 6.07 Å². The lowest BCUT2D eigenvalue weighted by atomic mass is 10.2. The second-order valence-corrected chi connectivity index (χ2v) is 3.96. The van der Waals surface area contributed by atoms with Gasteiger partial charge in [-0.05, 0) is 30.3 Å². The minimum Gasteiger partial charge on any atom is -0.355 e. The van der Waals surface area contributed by atoms with Crippen LogP contribution in [0.15, 0.2) is 42.6 Å². The molecule has 5 nitrogen and oxygen atoms in total. The highest BCUT2D eigenvalue weighted by Crippen LogP contribution is 2.13. The average Bonchev–Trinajstić information content (AvgIpc) is 2.47. The van der Waals surface area contributed by atoms with Crippen molar-refractivity contribution in [1.29, 1.82) is 0 Å². The van der Waals surface area contributed by atoms with E-state index in [1.807, 2.05) is 0 Å². The van der Waals surface area contributed by atoms with Gasteiger partial charge in [-0.15, -0.1) is 0 Å². The highest BCUT2D eigenvalue weighted by Gasteiger charge is 2.12. The van der Waals surface area contributed by atoms with Crippen LogP contribution in [0.5, 0.6) is 0 Å². The summed E-state index contributed by atoms with van der Waals surface area (Å²) < 4.78 is 13.4. The van der Waals surface area contributed by atoms with E-state index in [1.54, 1.807) is 18.2 Å². The van der Waals surface area contributed by atoms with Gasteiger partial charge < -0.3 is 10.6 Å². The highest BCUT2D eigenvalue weighted by molar-refractivity contribution is 6.05. The number of hydrogen-bond acceptors (Lipinski definition) is 3. The molecule has 0 aliphatic heterocycles. The smallest absolute Gasteiger partial charge is 0.260 e. The van der Waals surface area contributed by atoms with Crippen LogP contribution in [0.3, 0.4) is 0 Å². The Hall–Kier alpha value is -2.76. The summed E-state index contributed by atoms with van der Waals surface area (Å²) >= 11 is 0. The van der Waals surface area contributed by atoms with Crippen molar-refractivity contribution < 1.29 is 14.0 Å². The van der Waals surface area contributed by atoms with Crippen LogP contribution >= 0.6 is 0 Å². The van der Waals surface area contributed by atoms with Crippen LogP contribution in [-0.2, 0) is 0 Å². The minimum absolute atomic E-state index is 0.155. The molecule has 102 valence electrons. The van der Waals surface area contributed by atoms with Gasteiger partial charge in [-0.25, -0.2) is 4.98 Å². The fourth-order valence-corrected chi connectivity index (χ4v) is 1.64. The normalized spacial score (nSPS) is 9.90. The Kier molecular flexibility index (Phi) is 4.05. The number of rotatable bonds is 3. The summed E-state index contributed by atoms with van der Waals surface area (Å²) in [6.07, 6.45) is 1.26. The molecule has 2 amide bonds. The maximum absolute atomic E-state index is 13.4. The molecule has 0 unspecified atom stereocenters. The highest BCUT2D eigenvalue weighted by atomic mass is 19.1. The number of nitrogens with zero attached hydrogens (tertiary/aromatic N) is 1. The lowest BCUT2D eigenvalue weighted by Gasteiger charge is -2.07. The molecule has 0 spiro atoms. The number of anilines is 1. The number of pyridine rings is 1. The Morgan fingerprint density at radius 2 is 1.95 bits per heavy atom. The number of carbonyl (C=O) groups excluding carboxylic acids is 2. The molecule has 0 fully saturated rings. The number of aromatic nitrogens is 1. The molecular formula is C14H12FN3O2. The molecule has 2 rings (SSSR count). The summed E-state index contributed by atoms with van der Waals surface area (Å²) in [4.78, 5) is 26.8. The Morgan fingerprint density at radius 1 is 1.15 bits per heavy atom. The van der Waals surface area contributed by atoms with E-state index in [1.165, 1.54) is 31.4 Å². The fourth-order valence-electron chi connectivity index (χ4n) is 1.64. The number of hydrogen-bond donors (Lipinski definition) is 2. The van der Waals surface area contributed by atoms with Crippen molar-refractivity contribution in [1.82, 2.24) is 10.3 Å². The van der Waals surface area contributed by atoms with Gasteiger partial charge in [0.2, 0.25) is 5.95 Å². The van der Waals surface area contributed by atoms with Gasteiger partial charge in [0.15, 0.2) is 0 Å². The molecule has 0 radical (unpaired) electrons. The fraction of sp³-hybridized carbons (Fsp3) is 0.0714. The number of nitrogens with one attached hydrogen (secondary N) is 2. The molecule has 0 aliphatic rings. The zero-order valence-electron chi connectivity index (χ0n) is 10.7. The second-order valence-electron chi connectivity index (χ2n) is 3.96. The molecule has 2 N–H and O–H groups in total. The third kappa shape index (κ3) is 2.97. The molecule has 1 aromatic heterocycles. The number of amides is 2. The third-order valence-electron chi connectivity index (χ3n) is 2.61. The summed E-state index contributed by atoms with van der Waals surface area (Å²) in [5.74, 6) is -1.73. The Labute approximate surface area is 114 Å². The molecule has 0 saturated carbocycles. The van der Waals surface area contributed by atoms with Gasteiger partial charge in [0.25, 0.3) is 11.8 Å². The van der Waals surface area contributed by atoms with Crippen molar-refractivity contribution in [3.05, 3.63) is 59.7 Å². The van der Waals surface area contributed by atoms with Crippen molar-refractivity contribution >= 4 is 17.5 Å². The molecule has 1 aromatic carbocycles. The predicted molar refractivity (Wildman–Crippen MR) is 72.0 cm³/mol. The maximum Gasteiger partial charge on any atom is 0.260 e. The summed E-state index contributed by atoms with van der Waals surface area (Å²) in [5, 5.41) is 5.00. The SMILES string of the molecule is CNC(=O)c1cccc(NC(=O)c2cccnc2F)c1. The summed E-state index contributed by atoms with van der Waals surface area (Å²) in [7, 11) is 1.51. The minimum atomic E-state index is -0.840. The number of carbonyl (C=O) groups is 2. The molecule has 1 heterocycles. The zero-order valence-corrected chi connectivity index (χ0v) is 10.7. The second kappa shape index (κ2) is 5.92. The van der Waals surface area contributed by atoms with Gasteiger partial charge in [-0.2, -0.15) is 4.39 Å². The number of benzene rings is 1. The number of halogens is 1. The first-order valence-corrected chi connectivity index (χ1v) is 5.86. The Morgan fingerprint density at radius 3 is 2.65 bits per heavy atom. The average molecular weight is 273 g/mol.